The van der Waals surface area contributed by atoms with Gasteiger partial charge in [0.15, 0.2) is 0 Å². The molecule has 0 N–H and O–H groups in total. The molecule has 118 valence electrons. The standard InChI is InChI=1S/C18H31N2Si.Li/c1-21(2,3)15-14-18(19-16-10-6-4-7-11-16)20-17-12-8-5-9-13-17;/h16-17H,4-13H2,1-3H3;/q-1;+1. The largest absolute Gasteiger partial charge is 1.00 e. The first-order chi connectivity index (χ1) is 10.0. The maximum Gasteiger partial charge on any atom is 1.00 e. The van der Waals surface area contributed by atoms with Crippen LogP contribution in [-0.4, -0.2) is 26.0 Å². The Morgan fingerprint density at radius 3 is 2.00 bits per heavy atom. The molecule has 0 aromatic heterocycles. The molecular formula is C18H31LiN2Si. The van der Waals surface area contributed by atoms with Crippen LogP contribution in [0.5, 0.6) is 0 Å². The molecule has 0 spiro atoms. The molecule has 0 amide bonds. The van der Waals surface area contributed by atoms with Gasteiger partial charge in [0.2, 0.25) is 0 Å². The van der Waals surface area contributed by atoms with Crippen molar-refractivity contribution < 1.29 is 18.9 Å². The van der Waals surface area contributed by atoms with E-state index < -0.39 is 8.07 Å². The monoisotopic (exact) mass is 310 g/mol. The van der Waals surface area contributed by atoms with Crippen molar-refractivity contribution in [1.82, 2.24) is 0 Å². The fourth-order valence-corrected chi connectivity index (χ4v) is 3.59. The smallest absolute Gasteiger partial charge is 0.455 e. The van der Waals surface area contributed by atoms with E-state index in [-0.39, 0.29) is 18.9 Å². The molecule has 0 unspecified atom stereocenters. The van der Waals surface area contributed by atoms with E-state index in [9.17, 15) is 0 Å². The van der Waals surface area contributed by atoms with Crippen LogP contribution in [0, 0.1) is 11.5 Å². The molecule has 2 nitrogen and oxygen atoms in total. The third kappa shape index (κ3) is 7.91. The van der Waals surface area contributed by atoms with Gasteiger partial charge in [-0.05, 0) is 17.9 Å². The summed E-state index contributed by atoms with van der Waals surface area (Å²) >= 11 is 0. The van der Waals surface area contributed by atoms with E-state index in [4.69, 9.17) is 10.3 Å². The first kappa shape index (κ1) is 19.9. The predicted octanol–water partition coefficient (Wildman–Crippen LogP) is 2.31. The van der Waals surface area contributed by atoms with Gasteiger partial charge in [0.25, 0.3) is 0 Å². The van der Waals surface area contributed by atoms with E-state index in [2.05, 4.69) is 31.1 Å². The number of hydrogen-bond donors (Lipinski definition) is 0. The second kappa shape index (κ2) is 9.87. The van der Waals surface area contributed by atoms with Crippen LogP contribution in [0.25, 0.3) is 5.32 Å². The normalized spacial score (nSPS) is 21.5. The Morgan fingerprint density at radius 2 is 1.45 bits per heavy atom. The summed E-state index contributed by atoms with van der Waals surface area (Å²) in [6.45, 7) is 6.87. The van der Waals surface area contributed by atoms with Gasteiger partial charge in [0.05, 0.1) is 0 Å². The molecular weight excluding hydrogens is 279 g/mol. The number of nitrogens with zero attached hydrogens (tertiary/aromatic N) is 2. The Balaban J connectivity index is 0.00000242. The Labute approximate surface area is 150 Å². The minimum absolute atomic E-state index is 0. The van der Waals surface area contributed by atoms with Crippen LogP contribution in [0.2, 0.25) is 19.6 Å². The van der Waals surface area contributed by atoms with Gasteiger partial charge in [-0.15, -0.1) is 5.54 Å². The maximum atomic E-state index is 4.93. The molecule has 0 aromatic rings. The van der Waals surface area contributed by atoms with E-state index in [1.54, 1.807) is 0 Å². The summed E-state index contributed by atoms with van der Waals surface area (Å²) in [5.74, 6) is 4.22. The summed E-state index contributed by atoms with van der Waals surface area (Å²) < 4.78 is 0. The molecule has 2 saturated carbocycles. The first-order valence-corrected chi connectivity index (χ1v) is 12.3. The summed E-state index contributed by atoms with van der Waals surface area (Å²) in [6, 6.07) is 0.967. The van der Waals surface area contributed by atoms with Crippen molar-refractivity contribution in [3.8, 4) is 11.5 Å². The number of hydrogen-bond acceptors (Lipinski definition) is 1. The Hall–Kier alpha value is -0.156. The van der Waals surface area contributed by atoms with Crippen molar-refractivity contribution in [2.75, 3.05) is 0 Å². The van der Waals surface area contributed by atoms with E-state index in [1.165, 1.54) is 64.2 Å². The molecule has 2 aliphatic rings. The van der Waals surface area contributed by atoms with Crippen molar-refractivity contribution in [2.24, 2.45) is 4.99 Å². The Kier molecular flexibility index (Phi) is 8.92. The van der Waals surface area contributed by atoms with Gasteiger partial charge in [-0.3, -0.25) is 0 Å². The van der Waals surface area contributed by atoms with E-state index in [1.807, 2.05) is 0 Å². The Bertz CT molecular complexity index is 405. The molecule has 2 rings (SSSR count). The van der Waals surface area contributed by atoms with Crippen LogP contribution >= 0.6 is 0 Å². The fraction of sp³-hybridized carbons (Fsp3) is 0.833. The summed E-state index contributed by atoms with van der Waals surface area (Å²) in [7, 11) is -1.35. The zero-order chi connectivity index (χ0) is 15.1. The number of aliphatic imine (C=N–C) groups is 1. The van der Waals surface area contributed by atoms with E-state index in [0.717, 1.165) is 5.84 Å². The van der Waals surface area contributed by atoms with Crippen molar-refractivity contribution in [2.45, 2.75) is 95.9 Å². The van der Waals surface area contributed by atoms with Gasteiger partial charge < -0.3 is 10.3 Å². The SMILES string of the molecule is C[Si](C)(C)C#CC(=NC1CCCCC1)[N-]C1CCCCC1.[Li+]. The minimum atomic E-state index is -1.35. The molecule has 0 atom stereocenters. The molecule has 0 aromatic carbocycles. The van der Waals surface area contributed by atoms with Crippen LogP contribution in [0.15, 0.2) is 4.99 Å². The molecule has 0 saturated heterocycles. The quantitative estimate of drug-likeness (QED) is 0.324. The first-order valence-electron chi connectivity index (χ1n) is 8.85. The summed E-state index contributed by atoms with van der Waals surface area (Å²) in [6.07, 6.45) is 13.0. The van der Waals surface area contributed by atoms with E-state index >= 15 is 0 Å². The average molecular weight is 310 g/mol. The topological polar surface area (TPSA) is 26.5 Å². The van der Waals surface area contributed by atoms with Gasteiger partial charge in [-0.2, -0.15) is 0 Å². The van der Waals surface area contributed by atoms with Crippen molar-refractivity contribution in [3.63, 3.8) is 0 Å². The summed E-state index contributed by atoms with van der Waals surface area (Å²) in [4.78, 5) is 4.93. The van der Waals surface area contributed by atoms with Crippen LogP contribution in [0.4, 0.5) is 0 Å². The Morgan fingerprint density at radius 1 is 0.909 bits per heavy atom. The van der Waals surface area contributed by atoms with E-state index in [0.29, 0.717) is 12.1 Å². The van der Waals surface area contributed by atoms with Crippen LogP contribution in [0.3, 0.4) is 0 Å². The molecule has 0 heterocycles. The molecule has 0 bridgehead atoms. The molecule has 0 aliphatic heterocycles. The zero-order valence-electron chi connectivity index (χ0n) is 15.1. The average Bonchev–Trinajstić information content (AvgIpc) is 2.46. The second-order valence-corrected chi connectivity index (χ2v) is 12.4. The fourth-order valence-electron chi connectivity index (χ4n) is 3.11. The second-order valence-electron chi connectivity index (χ2n) is 7.67. The maximum absolute atomic E-state index is 4.93. The number of amidine groups is 1. The van der Waals surface area contributed by atoms with Gasteiger partial charge in [-0.1, -0.05) is 89.8 Å². The van der Waals surface area contributed by atoms with Crippen molar-refractivity contribution in [3.05, 3.63) is 5.32 Å². The van der Waals surface area contributed by atoms with Crippen molar-refractivity contribution in [1.29, 1.82) is 0 Å². The summed E-state index contributed by atoms with van der Waals surface area (Å²) in [5, 5.41) is 4.93. The van der Waals surface area contributed by atoms with Gasteiger partial charge in [0, 0.05) is 0 Å². The molecule has 2 aliphatic carbocycles. The third-order valence-corrected chi connectivity index (χ3v) is 5.18. The van der Waals surface area contributed by atoms with Gasteiger partial charge in [-0.25, -0.2) is 0 Å². The van der Waals surface area contributed by atoms with Crippen LogP contribution < -0.4 is 18.9 Å². The van der Waals surface area contributed by atoms with Crippen molar-refractivity contribution >= 4 is 13.9 Å². The zero-order valence-corrected chi connectivity index (χ0v) is 16.1. The molecule has 2 fully saturated rings. The molecule has 4 heteroatoms. The van der Waals surface area contributed by atoms with Crippen LogP contribution in [0.1, 0.15) is 64.2 Å². The van der Waals surface area contributed by atoms with Gasteiger partial charge >= 0.3 is 18.9 Å². The minimum Gasteiger partial charge on any atom is -0.455 e. The third-order valence-electron chi connectivity index (χ3n) is 4.31. The summed E-state index contributed by atoms with van der Waals surface area (Å²) in [5.41, 5.74) is 3.47. The van der Waals surface area contributed by atoms with Crippen LogP contribution in [-0.2, 0) is 0 Å². The van der Waals surface area contributed by atoms with Gasteiger partial charge in [0.1, 0.15) is 8.07 Å². The number of rotatable bonds is 2. The molecule has 0 radical (unpaired) electrons. The predicted molar refractivity (Wildman–Crippen MR) is 95.7 cm³/mol. The molecule has 22 heavy (non-hydrogen) atoms.